The van der Waals surface area contributed by atoms with Gasteiger partial charge in [0.05, 0.1) is 35.3 Å². The SMILES string of the molecule is COc1cccc2sc(N(Cc3ccco3)C(=O)CCS(=O)(=O)c3ccccc3)nc12. The van der Waals surface area contributed by atoms with Crippen molar-refractivity contribution in [3.63, 3.8) is 0 Å². The zero-order chi connectivity index (χ0) is 21.8. The van der Waals surface area contributed by atoms with Crippen LogP contribution in [0.3, 0.4) is 0 Å². The Morgan fingerprint density at radius 3 is 2.61 bits per heavy atom. The number of para-hydroxylation sites is 1. The first-order valence-electron chi connectivity index (χ1n) is 9.52. The topological polar surface area (TPSA) is 89.7 Å². The number of hydrogen-bond acceptors (Lipinski definition) is 7. The zero-order valence-corrected chi connectivity index (χ0v) is 18.4. The second-order valence-electron chi connectivity index (χ2n) is 6.74. The van der Waals surface area contributed by atoms with E-state index in [0.717, 1.165) is 4.70 Å². The predicted octanol–water partition coefficient (Wildman–Crippen LogP) is 4.30. The number of methoxy groups -OCH3 is 1. The van der Waals surface area contributed by atoms with Crippen molar-refractivity contribution in [1.29, 1.82) is 0 Å². The quantitative estimate of drug-likeness (QED) is 0.393. The largest absolute Gasteiger partial charge is 0.494 e. The van der Waals surface area contributed by atoms with Gasteiger partial charge in [-0.25, -0.2) is 13.4 Å². The number of carbonyl (C=O) groups is 1. The van der Waals surface area contributed by atoms with E-state index in [2.05, 4.69) is 4.98 Å². The molecule has 0 aliphatic carbocycles. The minimum absolute atomic E-state index is 0.152. The molecule has 2 aromatic heterocycles. The van der Waals surface area contributed by atoms with Crippen LogP contribution >= 0.6 is 11.3 Å². The fraction of sp³-hybridized carbons (Fsp3) is 0.182. The summed E-state index contributed by atoms with van der Waals surface area (Å²) in [6.07, 6.45) is 1.35. The normalized spacial score (nSPS) is 11.5. The van der Waals surface area contributed by atoms with Gasteiger partial charge in [-0.1, -0.05) is 35.6 Å². The molecular formula is C22H20N2O5S2. The molecule has 31 heavy (non-hydrogen) atoms. The molecular weight excluding hydrogens is 436 g/mol. The third kappa shape index (κ3) is 4.62. The molecule has 7 nitrogen and oxygen atoms in total. The van der Waals surface area contributed by atoms with Crippen molar-refractivity contribution in [3.05, 3.63) is 72.7 Å². The Hall–Kier alpha value is -3.17. The van der Waals surface area contributed by atoms with Gasteiger partial charge in [-0.2, -0.15) is 0 Å². The number of rotatable bonds is 8. The van der Waals surface area contributed by atoms with Gasteiger partial charge in [0.2, 0.25) is 5.91 Å². The van der Waals surface area contributed by atoms with Gasteiger partial charge >= 0.3 is 0 Å². The molecule has 0 saturated carbocycles. The Morgan fingerprint density at radius 1 is 1.10 bits per heavy atom. The fourth-order valence-corrected chi connectivity index (χ4v) is 5.37. The fourth-order valence-electron chi connectivity index (χ4n) is 3.11. The number of hydrogen-bond donors (Lipinski definition) is 0. The second kappa shape index (κ2) is 8.91. The van der Waals surface area contributed by atoms with Crippen LogP contribution in [-0.4, -0.2) is 32.2 Å². The third-order valence-electron chi connectivity index (χ3n) is 4.70. The standard InChI is InChI=1S/C22H20N2O5S2/c1-28-18-10-5-11-19-21(18)23-22(30-19)24(15-16-7-6-13-29-16)20(25)12-14-31(26,27)17-8-3-2-4-9-17/h2-11,13H,12,14-15H2,1H3. The molecule has 4 aromatic rings. The molecule has 1 amide bonds. The van der Waals surface area contributed by atoms with Gasteiger partial charge in [-0.05, 0) is 36.4 Å². The lowest BCUT2D eigenvalue weighted by atomic mass is 10.3. The number of sulfone groups is 1. The smallest absolute Gasteiger partial charge is 0.230 e. The minimum Gasteiger partial charge on any atom is -0.494 e. The molecule has 0 aliphatic rings. The summed E-state index contributed by atoms with van der Waals surface area (Å²) in [6, 6.07) is 17.2. The lowest BCUT2D eigenvalue weighted by molar-refractivity contribution is -0.118. The van der Waals surface area contributed by atoms with E-state index in [1.165, 1.54) is 34.6 Å². The monoisotopic (exact) mass is 456 g/mol. The van der Waals surface area contributed by atoms with Crippen molar-refractivity contribution >= 4 is 42.4 Å². The summed E-state index contributed by atoms with van der Waals surface area (Å²) < 4.78 is 36.9. The van der Waals surface area contributed by atoms with Crippen LogP contribution < -0.4 is 9.64 Å². The van der Waals surface area contributed by atoms with Gasteiger partial charge in [0.25, 0.3) is 0 Å². The lowest BCUT2D eigenvalue weighted by Crippen LogP contribution is -2.31. The number of furan rings is 1. The predicted molar refractivity (Wildman–Crippen MR) is 119 cm³/mol. The van der Waals surface area contributed by atoms with Crippen molar-refractivity contribution in [2.45, 2.75) is 17.9 Å². The highest BCUT2D eigenvalue weighted by Gasteiger charge is 2.24. The van der Waals surface area contributed by atoms with Gasteiger partial charge in [0.15, 0.2) is 15.0 Å². The highest BCUT2D eigenvalue weighted by Crippen LogP contribution is 2.35. The van der Waals surface area contributed by atoms with E-state index in [4.69, 9.17) is 9.15 Å². The number of anilines is 1. The van der Waals surface area contributed by atoms with Crippen LogP contribution in [0.2, 0.25) is 0 Å². The number of fused-ring (bicyclic) bond motifs is 1. The van der Waals surface area contributed by atoms with E-state index in [-0.39, 0.29) is 29.5 Å². The summed E-state index contributed by atoms with van der Waals surface area (Å²) in [6.45, 7) is 0.152. The molecule has 0 atom stereocenters. The number of benzene rings is 2. The van der Waals surface area contributed by atoms with Crippen molar-refractivity contribution in [2.75, 3.05) is 17.8 Å². The molecule has 0 N–H and O–H groups in total. The van der Waals surface area contributed by atoms with Crippen LogP contribution in [0.1, 0.15) is 12.2 Å². The molecule has 2 aromatic carbocycles. The van der Waals surface area contributed by atoms with E-state index in [9.17, 15) is 13.2 Å². The van der Waals surface area contributed by atoms with E-state index in [1.54, 1.807) is 43.5 Å². The van der Waals surface area contributed by atoms with Gasteiger partial charge in [0, 0.05) is 6.42 Å². The highest BCUT2D eigenvalue weighted by molar-refractivity contribution is 7.91. The number of thiazole rings is 1. The first-order valence-corrected chi connectivity index (χ1v) is 12.0. The van der Waals surface area contributed by atoms with Crippen LogP contribution in [0, 0.1) is 0 Å². The highest BCUT2D eigenvalue weighted by atomic mass is 32.2. The lowest BCUT2D eigenvalue weighted by Gasteiger charge is -2.18. The third-order valence-corrected chi connectivity index (χ3v) is 7.48. The van der Waals surface area contributed by atoms with Gasteiger partial charge < -0.3 is 9.15 Å². The first-order chi connectivity index (χ1) is 15.0. The molecule has 0 spiro atoms. The Kier molecular flexibility index (Phi) is 6.06. The maximum Gasteiger partial charge on any atom is 0.230 e. The number of amides is 1. The Morgan fingerprint density at radius 2 is 1.90 bits per heavy atom. The van der Waals surface area contributed by atoms with Gasteiger partial charge in [-0.3, -0.25) is 9.69 Å². The second-order valence-corrected chi connectivity index (χ2v) is 9.86. The summed E-state index contributed by atoms with van der Waals surface area (Å²) in [5.41, 5.74) is 0.652. The molecule has 0 aliphatic heterocycles. The van der Waals surface area contributed by atoms with E-state index in [1.807, 2.05) is 12.1 Å². The molecule has 2 heterocycles. The van der Waals surface area contributed by atoms with Crippen molar-refractivity contribution in [3.8, 4) is 5.75 Å². The van der Waals surface area contributed by atoms with Crippen LogP contribution in [-0.2, 0) is 21.2 Å². The maximum absolute atomic E-state index is 13.1. The summed E-state index contributed by atoms with van der Waals surface area (Å²) >= 11 is 1.34. The van der Waals surface area contributed by atoms with Crippen molar-refractivity contribution < 1.29 is 22.4 Å². The van der Waals surface area contributed by atoms with Gasteiger partial charge in [-0.15, -0.1) is 0 Å². The average molecular weight is 457 g/mol. The molecule has 160 valence electrons. The minimum atomic E-state index is -3.58. The molecule has 0 fully saturated rings. The molecule has 9 heteroatoms. The van der Waals surface area contributed by atoms with Crippen molar-refractivity contribution in [2.24, 2.45) is 0 Å². The summed E-state index contributed by atoms with van der Waals surface area (Å²) in [4.78, 5) is 19.4. The summed E-state index contributed by atoms with van der Waals surface area (Å²) in [7, 11) is -2.01. The number of nitrogens with zero attached hydrogens (tertiary/aromatic N) is 2. The Labute approximate surface area is 183 Å². The molecule has 4 rings (SSSR count). The molecule has 0 bridgehead atoms. The summed E-state index contributed by atoms with van der Waals surface area (Å²) in [5, 5.41) is 0.456. The van der Waals surface area contributed by atoms with Crippen LogP contribution in [0.4, 0.5) is 5.13 Å². The Balaban J connectivity index is 1.61. The summed E-state index contributed by atoms with van der Waals surface area (Å²) in [5.74, 6) is 0.537. The van der Waals surface area contributed by atoms with E-state index >= 15 is 0 Å². The average Bonchev–Trinajstić information content (AvgIpc) is 3.45. The van der Waals surface area contributed by atoms with E-state index < -0.39 is 9.84 Å². The number of carbonyl (C=O) groups excluding carboxylic acids is 1. The molecule has 0 saturated heterocycles. The number of aromatic nitrogens is 1. The zero-order valence-electron chi connectivity index (χ0n) is 16.7. The number of ether oxygens (including phenoxy) is 1. The van der Waals surface area contributed by atoms with Gasteiger partial charge in [0.1, 0.15) is 17.0 Å². The molecule has 0 unspecified atom stereocenters. The maximum atomic E-state index is 13.1. The van der Waals surface area contributed by atoms with Crippen molar-refractivity contribution in [1.82, 2.24) is 4.98 Å². The first kappa shape index (κ1) is 21.1. The van der Waals surface area contributed by atoms with E-state index in [0.29, 0.717) is 22.2 Å². The molecule has 0 radical (unpaired) electrons. The Bertz CT molecular complexity index is 1280. The van der Waals surface area contributed by atoms with Crippen LogP contribution in [0.15, 0.2) is 76.2 Å². The van der Waals surface area contributed by atoms with Crippen LogP contribution in [0.5, 0.6) is 5.75 Å². The van der Waals surface area contributed by atoms with Crippen LogP contribution in [0.25, 0.3) is 10.2 Å².